The van der Waals surface area contributed by atoms with Crippen LogP contribution in [0.1, 0.15) is 58.2 Å². The zero-order chi connectivity index (χ0) is 19.2. The molecule has 1 saturated heterocycles. The number of benzene rings is 1. The summed E-state index contributed by atoms with van der Waals surface area (Å²) in [5.41, 5.74) is 1.67. The van der Waals surface area contributed by atoms with Crippen LogP contribution in [-0.2, 0) is 17.7 Å². The number of aryl methyl sites for hydroxylation is 1. The molecule has 0 amide bonds. The van der Waals surface area contributed by atoms with Crippen molar-refractivity contribution in [3.8, 4) is 11.4 Å². The number of hydrogen-bond donors (Lipinski definition) is 1. The Morgan fingerprint density at radius 3 is 2.54 bits per heavy atom. The summed E-state index contributed by atoms with van der Waals surface area (Å²) in [6.45, 7) is 6.43. The average molecular weight is 381 g/mol. The molecule has 2 aliphatic heterocycles. The lowest BCUT2D eigenvalue weighted by Crippen LogP contribution is -2.46. The van der Waals surface area contributed by atoms with Crippen LogP contribution in [0.4, 0.5) is 0 Å². The van der Waals surface area contributed by atoms with Crippen LogP contribution < -0.4 is 5.32 Å². The van der Waals surface area contributed by atoms with Gasteiger partial charge >= 0.3 is 0 Å². The van der Waals surface area contributed by atoms with Gasteiger partial charge < -0.3 is 14.6 Å². The second kappa shape index (κ2) is 6.96. The van der Waals surface area contributed by atoms with Gasteiger partial charge in [0.05, 0.1) is 12.2 Å². The summed E-state index contributed by atoms with van der Waals surface area (Å²) < 4.78 is 8.39. The van der Waals surface area contributed by atoms with E-state index < -0.39 is 0 Å². The molecule has 1 saturated carbocycles. The molecule has 5 nitrogen and oxygen atoms in total. The molecule has 3 aliphatic rings. The van der Waals surface area contributed by atoms with Crippen molar-refractivity contribution in [2.24, 2.45) is 5.41 Å². The fraction of sp³-hybridized carbons (Fsp3) is 0.652. The van der Waals surface area contributed by atoms with Crippen molar-refractivity contribution in [3.63, 3.8) is 0 Å². The van der Waals surface area contributed by atoms with Crippen LogP contribution >= 0.6 is 0 Å². The Hall–Kier alpha value is -1.72. The Kier molecular flexibility index (Phi) is 4.55. The molecule has 1 N–H and O–H groups in total. The van der Waals surface area contributed by atoms with E-state index in [1.54, 1.807) is 0 Å². The summed E-state index contributed by atoms with van der Waals surface area (Å²) in [4.78, 5) is 0. The van der Waals surface area contributed by atoms with Crippen molar-refractivity contribution in [1.29, 1.82) is 0 Å². The number of rotatable bonds is 3. The van der Waals surface area contributed by atoms with Crippen LogP contribution in [0.3, 0.4) is 0 Å². The molecule has 1 atom stereocenters. The summed E-state index contributed by atoms with van der Waals surface area (Å²) in [6, 6.07) is 11.6. The van der Waals surface area contributed by atoms with Crippen LogP contribution in [-0.4, -0.2) is 39.1 Å². The molecular weight excluding hydrogens is 348 g/mol. The maximum absolute atomic E-state index is 6.07. The number of ether oxygens (including phenoxy) is 1. The highest BCUT2D eigenvalue weighted by molar-refractivity contribution is 5.55. The van der Waals surface area contributed by atoms with Gasteiger partial charge in [0.1, 0.15) is 5.82 Å². The predicted molar refractivity (Wildman–Crippen MR) is 110 cm³/mol. The highest BCUT2D eigenvalue weighted by Gasteiger charge is 2.46. The van der Waals surface area contributed by atoms with Crippen LogP contribution in [0.5, 0.6) is 0 Å². The lowest BCUT2D eigenvalue weighted by atomic mass is 9.69. The lowest BCUT2D eigenvalue weighted by molar-refractivity contribution is 0.0275. The maximum Gasteiger partial charge on any atom is 0.164 e. The number of fused-ring (bicyclic) bond motifs is 1. The molecular formula is C23H32N4O. The van der Waals surface area contributed by atoms with Gasteiger partial charge in [-0.2, -0.15) is 0 Å². The minimum atomic E-state index is 0.0717. The van der Waals surface area contributed by atoms with E-state index in [1.807, 2.05) is 6.07 Å². The number of nitrogens with one attached hydrogen (secondary N) is 1. The molecule has 2 fully saturated rings. The Labute approximate surface area is 167 Å². The first-order chi connectivity index (χ1) is 13.5. The summed E-state index contributed by atoms with van der Waals surface area (Å²) in [5, 5.41) is 12.9. The van der Waals surface area contributed by atoms with Crippen molar-refractivity contribution >= 4 is 0 Å². The molecule has 1 aromatic heterocycles. The molecule has 1 aromatic carbocycles. The number of hydrogen-bond acceptors (Lipinski definition) is 4. The van der Waals surface area contributed by atoms with Crippen LogP contribution in [0.2, 0.25) is 0 Å². The second-order valence-electron chi connectivity index (χ2n) is 9.82. The fourth-order valence-electron chi connectivity index (χ4n) is 5.67. The zero-order valence-electron chi connectivity index (χ0n) is 17.2. The molecule has 1 aliphatic carbocycles. The SMILES string of the molecule is CC1(C)CC2(CCC(NC3CCc4nnc(-c5ccccc5)n4C3)CC2)CO1. The summed E-state index contributed by atoms with van der Waals surface area (Å²) in [5.74, 6) is 2.14. The maximum atomic E-state index is 6.07. The van der Waals surface area contributed by atoms with E-state index in [-0.39, 0.29) is 5.60 Å². The second-order valence-corrected chi connectivity index (χ2v) is 9.82. The largest absolute Gasteiger partial charge is 0.375 e. The monoisotopic (exact) mass is 380 g/mol. The highest BCUT2D eigenvalue weighted by atomic mass is 16.5. The molecule has 0 radical (unpaired) electrons. The van der Waals surface area contributed by atoms with Crippen molar-refractivity contribution < 1.29 is 4.74 Å². The third kappa shape index (κ3) is 3.50. The quantitative estimate of drug-likeness (QED) is 0.875. The van der Waals surface area contributed by atoms with Gasteiger partial charge in [-0.3, -0.25) is 0 Å². The normalized spacial score (nSPS) is 31.8. The van der Waals surface area contributed by atoms with E-state index in [0.717, 1.165) is 43.2 Å². The first-order valence-corrected chi connectivity index (χ1v) is 10.9. The van der Waals surface area contributed by atoms with Gasteiger partial charge in [-0.05, 0) is 57.8 Å². The van der Waals surface area contributed by atoms with E-state index >= 15 is 0 Å². The van der Waals surface area contributed by atoms with Crippen molar-refractivity contribution in [3.05, 3.63) is 36.2 Å². The van der Waals surface area contributed by atoms with Crippen LogP contribution in [0.25, 0.3) is 11.4 Å². The smallest absolute Gasteiger partial charge is 0.164 e. The van der Waals surface area contributed by atoms with E-state index in [0.29, 0.717) is 17.5 Å². The Morgan fingerprint density at radius 1 is 1.04 bits per heavy atom. The van der Waals surface area contributed by atoms with Gasteiger partial charge in [0.2, 0.25) is 0 Å². The van der Waals surface area contributed by atoms with Crippen molar-refractivity contribution in [1.82, 2.24) is 20.1 Å². The molecule has 28 heavy (non-hydrogen) atoms. The minimum absolute atomic E-state index is 0.0717. The Morgan fingerprint density at radius 2 is 1.82 bits per heavy atom. The highest BCUT2D eigenvalue weighted by Crippen LogP contribution is 2.48. The van der Waals surface area contributed by atoms with Crippen molar-refractivity contribution in [2.45, 2.75) is 83.0 Å². The zero-order valence-corrected chi connectivity index (χ0v) is 17.2. The van der Waals surface area contributed by atoms with Gasteiger partial charge in [-0.1, -0.05) is 30.3 Å². The molecule has 1 spiro atoms. The van der Waals surface area contributed by atoms with Gasteiger partial charge in [-0.25, -0.2) is 0 Å². The average Bonchev–Trinajstić information content (AvgIpc) is 3.25. The standard InChI is InChI=1S/C23H32N4O/c1-22(2)15-23(16-28-22)12-10-18(11-13-23)24-19-8-9-20-25-26-21(27(20)14-19)17-6-4-3-5-7-17/h3-7,18-19,24H,8-16H2,1-2H3. The van der Waals surface area contributed by atoms with Crippen molar-refractivity contribution in [2.75, 3.05) is 6.61 Å². The third-order valence-corrected chi connectivity index (χ3v) is 7.07. The van der Waals surface area contributed by atoms with E-state index in [4.69, 9.17) is 4.74 Å². The summed E-state index contributed by atoms with van der Waals surface area (Å²) in [6.07, 6.45) is 8.54. The topological polar surface area (TPSA) is 52.0 Å². The molecule has 1 unspecified atom stereocenters. The molecule has 0 bridgehead atoms. The van der Waals surface area contributed by atoms with Crippen LogP contribution in [0.15, 0.2) is 30.3 Å². The van der Waals surface area contributed by atoms with Gasteiger partial charge in [0, 0.05) is 30.6 Å². The number of nitrogens with zero attached hydrogens (tertiary/aromatic N) is 3. The molecule has 2 aromatic rings. The van der Waals surface area contributed by atoms with E-state index in [9.17, 15) is 0 Å². The Bertz CT molecular complexity index is 820. The fourth-order valence-corrected chi connectivity index (χ4v) is 5.67. The van der Waals surface area contributed by atoms with Gasteiger partial charge in [0.25, 0.3) is 0 Å². The third-order valence-electron chi connectivity index (χ3n) is 7.07. The van der Waals surface area contributed by atoms with E-state index in [2.05, 4.69) is 58.2 Å². The Balaban J connectivity index is 1.22. The van der Waals surface area contributed by atoms with Gasteiger partial charge in [-0.15, -0.1) is 10.2 Å². The predicted octanol–water partition coefficient (Wildman–Crippen LogP) is 3.98. The molecule has 5 heteroatoms. The molecule has 5 rings (SSSR count). The molecule has 150 valence electrons. The summed E-state index contributed by atoms with van der Waals surface area (Å²) in [7, 11) is 0. The number of aromatic nitrogens is 3. The minimum Gasteiger partial charge on any atom is -0.375 e. The van der Waals surface area contributed by atoms with E-state index in [1.165, 1.54) is 32.1 Å². The molecule has 3 heterocycles. The van der Waals surface area contributed by atoms with Crippen LogP contribution in [0, 0.1) is 5.41 Å². The lowest BCUT2D eigenvalue weighted by Gasteiger charge is -2.39. The summed E-state index contributed by atoms with van der Waals surface area (Å²) >= 11 is 0. The first-order valence-electron chi connectivity index (χ1n) is 10.9. The first kappa shape index (κ1) is 18.3. The van der Waals surface area contributed by atoms with Gasteiger partial charge in [0.15, 0.2) is 5.82 Å².